The van der Waals surface area contributed by atoms with Crippen molar-refractivity contribution in [3.05, 3.63) is 18.2 Å². The summed E-state index contributed by atoms with van der Waals surface area (Å²) in [6.07, 6.45) is 1.49. The van der Waals surface area contributed by atoms with E-state index in [4.69, 9.17) is 14.2 Å². The first-order valence-electron chi connectivity index (χ1n) is 8.24. The fraction of sp³-hybridized carbons (Fsp3) is 0.529. The Kier molecular flexibility index (Phi) is 6.88. The lowest BCUT2D eigenvalue weighted by Crippen LogP contribution is -2.49. The minimum Gasteiger partial charge on any atom is -0.493 e. The summed E-state index contributed by atoms with van der Waals surface area (Å²) in [5.41, 5.74) is 0.478. The molecule has 8 heteroatoms. The predicted molar refractivity (Wildman–Crippen MR) is 91.3 cm³/mol. The highest BCUT2D eigenvalue weighted by molar-refractivity contribution is 5.92. The van der Waals surface area contributed by atoms with Crippen molar-refractivity contribution < 1.29 is 28.9 Å². The van der Waals surface area contributed by atoms with Gasteiger partial charge >= 0.3 is 12.0 Å². The summed E-state index contributed by atoms with van der Waals surface area (Å²) in [6, 6.07) is 3.36. The fourth-order valence-corrected chi connectivity index (χ4v) is 2.74. The summed E-state index contributed by atoms with van der Waals surface area (Å²) in [7, 11) is 1.53. The monoisotopic (exact) mass is 352 g/mol. The summed E-state index contributed by atoms with van der Waals surface area (Å²) in [5, 5.41) is 14.5. The molecule has 1 fully saturated rings. The van der Waals surface area contributed by atoms with E-state index < -0.39 is 18.0 Å². The van der Waals surface area contributed by atoms with Crippen molar-refractivity contribution in [2.45, 2.75) is 25.8 Å². The van der Waals surface area contributed by atoms with Crippen LogP contribution in [-0.4, -0.2) is 50.1 Å². The fourth-order valence-electron chi connectivity index (χ4n) is 2.74. The van der Waals surface area contributed by atoms with Crippen LogP contribution in [0.1, 0.15) is 19.8 Å². The Morgan fingerprint density at radius 2 is 2.20 bits per heavy atom. The molecule has 0 aliphatic carbocycles. The average Bonchev–Trinajstić information content (AvgIpc) is 2.61. The van der Waals surface area contributed by atoms with E-state index in [1.807, 2.05) is 6.92 Å². The Hall–Kier alpha value is -2.48. The van der Waals surface area contributed by atoms with Gasteiger partial charge in [0, 0.05) is 24.3 Å². The van der Waals surface area contributed by atoms with Crippen LogP contribution >= 0.6 is 0 Å². The van der Waals surface area contributed by atoms with Crippen molar-refractivity contribution in [1.82, 2.24) is 5.32 Å². The van der Waals surface area contributed by atoms with Crippen molar-refractivity contribution in [2.75, 3.05) is 32.2 Å². The maximum atomic E-state index is 12.2. The number of benzene rings is 1. The van der Waals surface area contributed by atoms with Gasteiger partial charge in [0.05, 0.1) is 20.3 Å². The molecular weight excluding hydrogens is 328 g/mol. The molecule has 25 heavy (non-hydrogen) atoms. The van der Waals surface area contributed by atoms with Gasteiger partial charge in [0.15, 0.2) is 11.5 Å². The molecule has 0 spiro atoms. The Morgan fingerprint density at radius 1 is 1.40 bits per heavy atom. The second kappa shape index (κ2) is 9.12. The van der Waals surface area contributed by atoms with E-state index in [1.165, 1.54) is 7.11 Å². The Balaban J connectivity index is 2.02. The van der Waals surface area contributed by atoms with Gasteiger partial charge in [-0.3, -0.25) is 0 Å². The molecular formula is C17H24N2O6. The number of urea groups is 1. The molecule has 2 atom stereocenters. The van der Waals surface area contributed by atoms with Crippen molar-refractivity contribution in [2.24, 2.45) is 5.92 Å². The Labute approximate surface area is 146 Å². The van der Waals surface area contributed by atoms with Gasteiger partial charge in [-0.05, 0) is 31.9 Å². The minimum atomic E-state index is -1.07. The van der Waals surface area contributed by atoms with Gasteiger partial charge in [0.25, 0.3) is 0 Å². The van der Waals surface area contributed by atoms with Crippen LogP contribution in [-0.2, 0) is 9.53 Å². The number of nitrogens with one attached hydrogen (secondary N) is 2. The van der Waals surface area contributed by atoms with Crippen LogP contribution in [0.25, 0.3) is 0 Å². The van der Waals surface area contributed by atoms with E-state index in [-0.39, 0.29) is 5.92 Å². The second-order valence-corrected chi connectivity index (χ2v) is 5.69. The maximum absolute atomic E-state index is 12.2. The number of amides is 2. The van der Waals surface area contributed by atoms with Crippen molar-refractivity contribution in [3.8, 4) is 11.5 Å². The van der Waals surface area contributed by atoms with Crippen LogP contribution < -0.4 is 20.1 Å². The predicted octanol–water partition coefficient (Wildman–Crippen LogP) is 2.10. The van der Waals surface area contributed by atoms with E-state index in [1.54, 1.807) is 18.2 Å². The van der Waals surface area contributed by atoms with Crippen molar-refractivity contribution >= 4 is 17.7 Å². The minimum absolute atomic E-state index is 0.244. The van der Waals surface area contributed by atoms with Gasteiger partial charge < -0.3 is 30.0 Å². The molecule has 1 aliphatic rings. The molecule has 0 saturated carbocycles. The van der Waals surface area contributed by atoms with Crippen LogP contribution in [0.15, 0.2) is 18.2 Å². The number of carboxylic acids is 1. The van der Waals surface area contributed by atoms with Gasteiger partial charge in [-0.1, -0.05) is 0 Å². The first kappa shape index (κ1) is 18.9. The van der Waals surface area contributed by atoms with Gasteiger partial charge in [-0.2, -0.15) is 0 Å². The van der Waals surface area contributed by atoms with E-state index in [0.717, 1.165) is 6.42 Å². The number of ether oxygens (including phenoxy) is 3. The highest BCUT2D eigenvalue weighted by atomic mass is 16.5. The van der Waals surface area contributed by atoms with E-state index in [2.05, 4.69) is 10.6 Å². The lowest BCUT2D eigenvalue weighted by molar-refractivity contribution is -0.142. The number of methoxy groups -OCH3 is 1. The topological polar surface area (TPSA) is 106 Å². The van der Waals surface area contributed by atoms with E-state index >= 15 is 0 Å². The normalized spacial score (nSPS) is 18.1. The molecule has 0 radical (unpaired) electrons. The molecule has 1 aromatic carbocycles. The second-order valence-electron chi connectivity index (χ2n) is 5.69. The standard InChI is InChI=1S/C17H24N2O6/c1-3-25-14-9-12(6-7-13(14)23-2)18-17(22)19-15(16(20)21)11-5-4-8-24-10-11/h6-7,9,11,15H,3-5,8,10H2,1-2H3,(H,20,21)(H2,18,19,22)/t11-,15+/m0/s1. The third kappa shape index (κ3) is 5.25. The third-order valence-corrected chi connectivity index (χ3v) is 3.94. The number of anilines is 1. The molecule has 2 rings (SSSR count). The number of hydrogen-bond acceptors (Lipinski definition) is 5. The van der Waals surface area contributed by atoms with E-state index in [0.29, 0.717) is 43.4 Å². The molecule has 1 aromatic rings. The summed E-state index contributed by atoms with van der Waals surface area (Å²) < 4.78 is 16.0. The summed E-state index contributed by atoms with van der Waals surface area (Å²) in [6.45, 7) is 3.25. The van der Waals surface area contributed by atoms with Gasteiger partial charge in [0.1, 0.15) is 6.04 Å². The van der Waals surface area contributed by atoms with Crippen LogP contribution in [0.2, 0.25) is 0 Å². The molecule has 1 heterocycles. The Bertz CT molecular complexity index is 601. The molecule has 138 valence electrons. The molecule has 1 saturated heterocycles. The van der Waals surface area contributed by atoms with E-state index in [9.17, 15) is 14.7 Å². The molecule has 0 bridgehead atoms. The largest absolute Gasteiger partial charge is 0.493 e. The smallest absolute Gasteiger partial charge is 0.326 e. The molecule has 0 aromatic heterocycles. The quantitative estimate of drug-likeness (QED) is 0.694. The third-order valence-electron chi connectivity index (χ3n) is 3.94. The van der Waals surface area contributed by atoms with Crippen LogP contribution in [0, 0.1) is 5.92 Å². The van der Waals surface area contributed by atoms with Crippen LogP contribution in [0.3, 0.4) is 0 Å². The van der Waals surface area contributed by atoms with Gasteiger partial charge in [-0.15, -0.1) is 0 Å². The molecule has 0 unspecified atom stereocenters. The number of hydrogen-bond donors (Lipinski definition) is 3. The molecule has 2 amide bonds. The summed E-state index contributed by atoms with van der Waals surface area (Å²) in [4.78, 5) is 23.7. The highest BCUT2D eigenvalue weighted by Gasteiger charge is 2.31. The SMILES string of the molecule is CCOc1cc(NC(=O)N[C@@H](C(=O)O)[C@H]2CCCOC2)ccc1OC. The first-order valence-corrected chi connectivity index (χ1v) is 8.24. The zero-order chi connectivity index (χ0) is 18.2. The van der Waals surface area contributed by atoms with Crippen molar-refractivity contribution in [1.29, 1.82) is 0 Å². The van der Waals surface area contributed by atoms with Gasteiger partial charge in [0.2, 0.25) is 0 Å². The number of carbonyl (C=O) groups excluding carboxylic acids is 1. The average molecular weight is 352 g/mol. The van der Waals surface area contributed by atoms with Crippen molar-refractivity contribution in [3.63, 3.8) is 0 Å². The molecule has 8 nitrogen and oxygen atoms in total. The lowest BCUT2D eigenvalue weighted by atomic mass is 9.94. The lowest BCUT2D eigenvalue weighted by Gasteiger charge is -2.28. The number of rotatable bonds is 7. The zero-order valence-corrected chi connectivity index (χ0v) is 14.4. The molecule has 3 N–H and O–H groups in total. The maximum Gasteiger partial charge on any atom is 0.326 e. The highest BCUT2D eigenvalue weighted by Crippen LogP contribution is 2.30. The van der Waals surface area contributed by atoms with Crippen LogP contribution in [0.5, 0.6) is 11.5 Å². The Morgan fingerprint density at radius 3 is 2.80 bits per heavy atom. The van der Waals surface area contributed by atoms with Gasteiger partial charge in [-0.25, -0.2) is 9.59 Å². The van der Waals surface area contributed by atoms with Crippen LogP contribution in [0.4, 0.5) is 10.5 Å². The molecule has 1 aliphatic heterocycles. The number of carboxylic acid groups (broad SMARTS) is 1. The number of aliphatic carboxylic acids is 1. The zero-order valence-electron chi connectivity index (χ0n) is 14.4. The summed E-state index contributed by atoms with van der Waals surface area (Å²) >= 11 is 0. The summed E-state index contributed by atoms with van der Waals surface area (Å²) in [5.74, 6) is -0.268. The number of carbonyl (C=O) groups is 2. The first-order chi connectivity index (χ1) is 12.0.